The normalized spacial score (nSPS) is 10.2. The van der Waals surface area contributed by atoms with Crippen molar-refractivity contribution in [3.05, 3.63) is 47.4 Å². The summed E-state index contributed by atoms with van der Waals surface area (Å²) < 4.78 is 0. The highest BCUT2D eigenvalue weighted by Crippen LogP contribution is 2.32. The zero-order chi connectivity index (χ0) is 12.3. The number of nitrogens with zero attached hydrogens (tertiary/aromatic N) is 2. The fraction of sp³-hybridized carbons (Fsp3) is 0. The lowest BCUT2D eigenvalue weighted by Gasteiger charge is -2.06. The molecular weight excluding hydrogens is 256 g/mol. The van der Waals surface area contributed by atoms with Gasteiger partial charge in [-0.05, 0) is 12.1 Å². The van der Waals surface area contributed by atoms with E-state index in [1.807, 2.05) is 18.2 Å². The third-order valence-corrected chi connectivity index (χ3v) is 3.47. The van der Waals surface area contributed by atoms with Crippen molar-refractivity contribution in [2.24, 2.45) is 5.73 Å². The molecule has 0 aliphatic carbocycles. The van der Waals surface area contributed by atoms with E-state index in [-0.39, 0.29) is 5.84 Å². The minimum absolute atomic E-state index is 0.104. The second-order valence-electron chi connectivity index (χ2n) is 3.16. The van der Waals surface area contributed by atoms with Crippen LogP contribution in [0.5, 0.6) is 0 Å². The lowest BCUT2D eigenvalue weighted by molar-refractivity contribution is 1.03. The number of aromatic nitrogens is 2. The summed E-state index contributed by atoms with van der Waals surface area (Å²) in [5, 5.41) is 8.64. The Morgan fingerprint density at radius 2 is 1.94 bits per heavy atom. The molecule has 2 rings (SSSR count). The van der Waals surface area contributed by atoms with Gasteiger partial charge in [-0.2, -0.15) is 0 Å². The second kappa shape index (κ2) is 5.16. The maximum Gasteiger partial charge on any atom is 0.144 e. The molecule has 4 nitrogen and oxygen atoms in total. The number of benzene rings is 1. The van der Waals surface area contributed by atoms with E-state index >= 15 is 0 Å². The fourth-order valence-corrected chi connectivity index (χ4v) is 2.36. The molecule has 0 amide bonds. The van der Waals surface area contributed by atoms with Gasteiger partial charge in [0.15, 0.2) is 0 Å². The van der Waals surface area contributed by atoms with Gasteiger partial charge in [0, 0.05) is 17.3 Å². The maximum absolute atomic E-state index is 7.42. The molecule has 17 heavy (non-hydrogen) atoms. The molecule has 0 bridgehead atoms. The lowest BCUT2D eigenvalue weighted by atomic mass is 10.4. The van der Waals surface area contributed by atoms with Crippen molar-refractivity contribution >= 4 is 29.2 Å². The van der Waals surface area contributed by atoms with Crippen LogP contribution in [-0.2, 0) is 0 Å². The van der Waals surface area contributed by atoms with Crippen molar-refractivity contribution in [2.45, 2.75) is 9.92 Å². The quantitative estimate of drug-likeness (QED) is 0.660. The predicted molar refractivity (Wildman–Crippen MR) is 68.6 cm³/mol. The smallest absolute Gasteiger partial charge is 0.144 e. The van der Waals surface area contributed by atoms with Gasteiger partial charge in [-0.1, -0.05) is 35.5 Å². The third-order valence-electron chi connectivity index (χ3n) is 1.96. The Labute approximate surface area is 108 Å². The number of halogens is 1. The predicted octanol–water partition coefficient (Wildman–Crippen LogP) is 2.57. The van der Waals surface area contributed by atoms with Crippen LogP contribution in [0.25, 0.3) is 0 Å². The number of hydrogen-bond donors (Lipinski definition) is 2. The Balaban J connectivity index is 2.37. The van der Waals surface area contributed by atoms with E-state index in [1.54, 1.807) is 12.3 Å². The summed E-state index contributed by atoms with van der Waals surface area (Å²) in [5.41, 5.74) is 5.81. The SMILES string of the molecule is N=C(N)c1nccnc1Sc1ccccc1Cl. The first-order chi connectivity index (χ1) is 8.18. The van der Waals surface area contributed by atoms with Crippen molar-refractivity contribution in [1.29, 1.82) is 5.41 Å². The van der Waals surface area contributed by atoms with Crippen LogP contribution in [0.2, 0.25) is 5.02 Å². The summed E-state index contributed by atoms with van der Waals surface area (Å²) in [6.45, 7) is 0. The number of nitrogens with two attached hydrogens (primary N) is 1. The van der Waals surface area contributed by atoms with Crippen LogP contribution in [0, 0.1) is 5.41 Å². The van der Waals surface area contributed by atoms with Gasteiger partial charge in [0.2, 0.25) is 0 Å². The van der Waals surface area contributed by atoms with Crippen LogP contribution in [0.1, 0.15) is 5.69 Å². The molecule has 0 fully saturated rings. The van der Waals surface area contributed by atoms with Crippen LogP contribution in [0.3, 0.4) is 0 Å². The zero-order valence-electron chi connectivity index (χ0n) is 8.72. The van der Waals surface area contributed by atoms with E-state index in [9.17, 15) is 0 Å². The summed E-state index contributed by atoms with van der Waals surface area (Å²) in [7, 11) is 0. The molecule has 6 heteroatoms. The second-order valence-corrected chi connectivity index (χ2v) is 4.59. The first-order valence-corrected chi connectivity index (χ1v) is 5.95. The van der Waals surface area contributed by atoms with E-state index in [2.05, 4.69) is 9.97 Å². The Morgan fingerprint density at radius 1 is 1.24 bits per heavy atom. The highest BCUT2D eigenvalue weighted by atomic mass is 35.5. The van der Waals surface area contributed by atoms with Crippen molar-refractivity contribution in [3.63, 3.8) is 0 Å². The van der Waals surface area contributed by atoms with Gasteiger partial charge in [0.1, 0.15) is 16.6 Å². The molecule has 0 atom stereocenters. The van der Waals surface area contributed by atoms with Crippen molar-refractivity contribution in [2.75, 3.05) is 0 Å². The van der Waals surface area contributed by atoms with E-state index in [0.29, 0.717) is 15.7 Å². The average Bonchev–Trinajstić information content (AvgIpc) is 2.32. The standard InChI is InChI=1S/C11H9ClN4S/c12-7-3-1-2-4-8(7)17-11-9(10(13)14)15-5-6-16-11/h1-6H,(H3,13,14). The summed E-state index contributed by atoms with van der Waals surface area (Å²) >= 11 is 7.39. The highest BCUT2D eigenvalue weighted by molar-refractivity contribution is 7.99. The summed E-state index contributed by atoms with van der Waals surface area (Å²) in [5.74, 6) is -0.104. The molecular formula is C11H9ClN4S. The topological polar surface area (TPSA) is 75.7 Å². The first-order valence-electron chi connectivity index (χ1n) is 4.76. The Kier molecular flexibility index (Phi) is 3.61. The van der Waals surface area contributed by atoms with Gasteiger partial charge in [-0.15, -0.1) is 0 Å². The monoisotopic (exact) mass is 264 g/mol. The number of hydrogen-bond acceptors (Lipinski definition) is 4. The molecule has 0 aliphatic heterocycles. The summed E-state index contributed by atoms with van der Waals surface area (Å²) in [6.07, 6.45) is 3.07. The number of nitrogen functional groups attached to an aromatic ring is 1. The molecule has 0 spiro atoms. The minimum atomic E-state index is -0.104. The lowest BCUT2D eigenvalue weighted by Crippen LogP contribution is -2.14. The molecule has 2 aromatic rings. The van der Waals surface area contributed by atoms with Crippen LogP contribution in [-0.4, -0.2) is 15.8 Å². The molecule has 1 heterocycles. The van der Waals surface area contributed by atoms with E-state index in [4.69, 9.17) is 22.7 Å². The first kappa shape index (κ1) is 11.9. The van der Waals surface area contributed by atoms with Gasteiger partial charge in [0.05, 0.1) is 5.02 Å². The molecule has 0 saturated heterocycles. The molecule has 1 aromatic heterocycles. The fourth-order valence-electron chi connectivity index (χ4n) is 1.22. The Hall–Kier alpha value is -1.59. The number of rotatable bonds is 3. The summed E-state index contributed by atoms with van der Waals surface area (Å²) in [4.78, 5) is 9.04. The molecule has 86 valence electrons. The minimum Gasteiger partial charge on any atom is -0.382 e. The number of amidine groups is 1. The number of nitrogens with one attached hydrogen (secondary N) is 1. The van der Waals surface area contributed by atoms with Crippen LogP contribution in [0.4, 0.5) is 0 Å². The van der Waals surface area contributed by atoms with Crippen LogP contribution < -0.4 is 5.73 Å². The largest absolute Gasteiger partial charge is 0.382 e. The molecule has 1 aromatic carbocycles. The van der Waals surface area contributed by atoms with E-state index in [0.717, 1.165) is 4.90 Å². The Morgan fingerprint density at radius 3 is 2.65 bits per heavy atom. The van der Waals surface area contributed by atoms with Crippen LogP contribution in [0.15, 0.2) is 46.6 Å². The maximum atomic E-state index is 7.42. The van der Waals surface area contributed by atoms with Gasteiger partial charge < -0.3 is 5.73 Å². The Bertz CT molecular complexity index is 559. The van der Waals surface area contributed by atoms with E-state index < -0.39 is 0 Å². The van der Waals surface area contributed by atoms with Gasteiger partial charge >= 0.3 is 0 Å². The van der Waals surface area contributed by atoms with Crippen molar-refractivity contribution in [3.8, 4) is 0 Å². The van der Waals surface area contributed by atoms with Crippen LogP contribution >= 0.6 is 23.4 Å². The van der Waals surface area contributed by atoms with Gasteiger partial charge in [-0.3, -0.25) is 5.41 Å². The molecule has 0 saturated carbocycles. The van der Waals surface area contributed by atoms with Gasteiger partial charge in [-0.25, -0.2) is 9.97 Å². The molecule has 3 N–H and O–H groups in total. The van der Waals surface area contributed by atoms with Crippen molar-refractivity contribution < 1.29 is 0 Å². The molecule has 0 radical (unpaired) electrons. The van der Waals surface area contributed by atoms with Gasteiger partial charge in [0.25, 0.3) is 0 Å². The summed E-state index contributed by atoms with van der Waals surface area (Å²) in [6, 6.07) is 7.42. The average molecular weight is 265 g/mol. The van der Waals surface area contributed by atoms with E-state index in [1.165, 1.54) is 18.0 Å². The van der Waals surface area contributed by atoms with Crippen molar-refractivity contribution in [1.82, 2.24) is 9.97 Å². The highest BCUT2D eigenvalue weighted by Gasteiger charge is 2.11. The zero-order valence-corrected chi connectivity index (χ0v) is 10.3. The molecule has 0 unspecified atom stereocenters. The molecule has 0 aliphatic rings. The third kappa shape index (κ3) is 2.75.